The first kappa shape index (κ1) is 11.4. The van der Waals surface area contributed by atoms with Crippen molar-refractivity contribution < 1.29 is 0 Å². The summed E-state index contributed by atoms with van der Waals surface area (Å²) in [7, 11) is 0. The molecule has 2 aromatic rings. The molecule has 0 aliphatic heterocycles. The molecule has 3 rings (SSSR count). The maximum Gasteiger partial charge on any atom is 0.0783 e. The molecule has 1 aliphatic rings. The van der Waals surface area contributed by atoms with Gasteiger partial charge in [0.2, 0.25) is 0 Å². The number of nitrogens with zero attached hydrogens (tertiary/aromatic N) is 3. The zero-order valence-corrected chi connectivity index (χ0v) is 10.8. The van der Waals surface area contributed by atoms with E-state index in [1.54, 1.807) is 0 Å². The normalized spacial score (nSPS) is 15.0. The van der Waals surface area contributed by atoms with Crippen molar-refractivity contribution in [1.29, 1.82) is 0 Å². The maximum absolute atomic E-state index is 4.18. The number of hydrogen-bond acceptors (Lipinski definition) is 3. The second-order valence-electron chi connectivity index (χ2n) is 5.06. The van der Waals surface area contributed by atoms with Gasteiger partial charge in [0.1, 0.15) is 0 Å². The summed E-state index contributed by atoms with van der Waals surface area (Å²) in [6, 6.07) is 7.08. The summed E-state index contributed by atoms with van der Waals surface area (Å²) in [5.74, 6) is 0. The standard InChI is InChI=1S/C14H18N4/c1-10-3-6-13(7-11(10)2)18-14(9-16-17-18)8-15-12-4-5-12/h3,6-7,9,12,15H,4-5,8H2,1-2H3. The van der Waals surface area contributed by atoms with E-state index in [1.165, 1.54) is 24.0 Å². The Hall–Kier alpha value is -1.68. The van der Waals surface area contributed by atoms with Gasteiger partial charge in [0.05, 0.1) is 17.6 Å². The van der Waals surface area contributed by atoms with E-state index in [2.05, 4.69) is 47.7 Å². The zero-order valence-electron chi connectivity index (χ0n) is 10.8. The van der Waals surface area contributed by atoms with E-state index in [-0.39, 0.29) is 0 Å². The van der Waals surface area contributed by atoms with Crippen LogP contribution in [0.15, 0.2) is 24.4 Å². The summed E-state index contributed by atoms with van der Waals surface area (Å²) in [4.78, 5) is 0. The first-order chi connectivity index (χ1) is 8.74. The summed E-state index contributed by atoms with van der Waals surface area (Å²) in [6.45, 7) is 5.08. The van der Waals surface area contributed by atoms with Crippen LogP contribution in [-0.2, 0) is 6.54 Å². The number of aromatic nitrogens is 3. The van der Waals surface area contributed by atoms with Crippen LogP contribution in [0.4, 0.5) is 0 Å². The largest absolute Gasteiger partial charge is 0.308 e. The Morgan fingerprint density at radius 2 is 2.11 bits per heavy atom. The van der Waals surface area contributed by atoms with Gasteiger partial charge >= 0.3 is 0 Å². The molecule has 0 bridgehead atoms. The molecule has 0 atom stereocenters. The van der Waals surface area contributed by atoms with Gasteiger partial charge in [0.15, 0.2) is 0 Å². The zero-order chi connectivity index (χ0) is 12.5. The average molecular weight is 242 g/mol. The molecule has 18 heavy (non-hydrogen) atoms. The number of benzene rings is 1. The van der Waals surface area contributed by atoms with Gasteiger partial charge in [-0.2, -0.15) is 0 Å². The van der Waals surface area contributed by atoms with Crippen molar-refractivity contribution in [3.8, 4) is 5.69 Å². The molecule has 1 aliphatic carbocycles. The Balaban J connectivity index is 1.85. The molecule has 1 aromatic heterocycles. The fourth-order valence-electron chi connectivity index (χ4n) is 1.99. The molecule has 4 nitrogen and oxygen atoms in total. The maximum atomic E-state index is 4.18. The van der Waals surface area contributed by atoms with E-state index in [0.29, 0.717) is 6.04 Å². The van der Waals surface area contributed by atoms with Crippen LogP contribution < -0.4 is 5.32 Å². The van der Waals surface area contributed by atoms with Crippen LogP contribution in [0.5, 0.6) is 0 Å². The Bertz CT molecular complexity index is 555. The predicted molar refractivity (Wildman–Crippen MR) is 70.7 cm³/mol. The Morgan fingerprint density at radius 3 is 2.83 bits per heavy atom. The van der Waals surface area contributed by atoms with Gasteiger partial charge in [-0.3, -0.25) is 0 Å². The number of nitrogens with one attached hydrogen (secondary N) is 1. The lowest BCUT2D eigenvalue weighted by atomic mass is 10.1. The van der Waals surface area contributed by atoms with Crippen molar-refractivity contribution in [1.82, 2.24) is 20.3 Å². The van der Waals surface area contributed by atoms with E-state index in [4.69, 9.17) is 0 Å². The van der Waals surface area contributed by atoms with E-state index in [0.717, 1.165) is 17.9 Å². The molecule has 4 heteroatoms. The van der Waals surface area contributed by atoms with Crippen LogP contribution >= 0.6 is 0 Å². The van der Waals surface area contributed by atoms with Gasteiger partial charge < -0.3 is 5.32 Å². The SMILES string of the molecule is Cc1ccc(-n2nncc2CNC2CC2)cc1C. The van der Waals surface area contributed by atoms with Crippen molar-refractivity contribution >= 4 is 0 Å². The third-order valence-corrected chi connectivity index (χ3v) is 3.50. The molecular weight excluding hydrogens is 224 g/mol. The second-order valence-corrected chi connectivity index (χ2v) is 5.06. The van der Waals surface area contributed by atoms with Gasteiger partial charge in [0.25, 0.3) is 0 Å². The lowest BCUT2D eigenvalue weighted by Gasteiger charge is -2.09. The minimum Gasteiger partial charge on any atom is -0.308 e. The Morgan fingerprint density at radius 1 is 1.28 bits per heavy atom. The molecular formula is C14H18N4. The molecule has 0 saturated heterocycles. The molecule has 0 unspecified atom stereocenters. The number of rotatable bonds is 4. The average Bonchev–Trinajstić information content (AvgIpc) is 3.08. The van der Waals surface area contributed by atoms with Gasteiger partial charge in [0, 0.05) is 12.6 Å². The summed E-state index contributed by atoms with van der Waals surface area (Å²) < 4.78 is 1.92. The van der Waals surface area contributed by atoms with Crippen LogP contribution in [0.1, 0.15) is 29.7 Å². The van der Waals surface area contributed by atoms with Crippen molar-refractivity contribution in [2.45, 2.75) is 39.3 Å². The molecule has 1 heterocycles. The van der Waals surface area contributed by atoms with Crippen LogP contribution in [0, 0.1) is 13.8 Å². The topological polar surface area (TPSA) is 42.7 Å². The highest BCUT2D eigenvalue weighted by Gasteiger charge is 2.20. The highest BCUT2D eigenvalue weighted by Crippen LogP contribution is 2.20. The van der Waals surface area contributed by atoms with Gasteiger partial charge in [-0.1, -0.05) is 11.3 Å². The van der Waals surface area contributed by atoms with E-state index in [1.807, 2.05) is 10.9 Å². The van der Waals surface area contributed by atoms with E-state index < -0.39 is 0 Å². The minimum absolute atomic E-state index is 0.702. The first-order valence-electron chi connectivity index (χ1n) is 6.44. The predicted octanol–water partition coefficient (Wildman–Crippen LogP) is 2.14. The molecule has 1 fully saturated rings. The highest BCUT2D eigenvalue weighted by atomic mass is 15.4. The lowest BCUT2D eigenvalue weighted by molar-refractivity contribution is 0.646. The minimum atomic E-state index is 0.702. The fourth-order valence-corrected chi connectivity index (χ4v) is 1.99. The van der Waals surface area contributed by atoms with Crippen molar-refractivity contribution in [2.75, 3.05) is 0 Å². The monoisotopic (exact) mass is 242 g/mol. The summed E-state index contributed by atoms with van der Waals surface area (Å²) in [6.07, 6.45) is 4.43. The Labute approximate surface area is 107 Å². The molecule has 1 saturated carbocycles. The second kappa shape index (κ2) is 4.53. The van der Waals surface area contributed by atoms with Gasteiger partial charge in [-0.25, -0.2) is 4.68 Å². The Kier molecular flexibility index (Phi) is 2.88. The van der Waals surface area contributed by atoms with Gasteiger partial charge in [-0.05, 0) is 49.9 Å². The molecule has 0 amide bonds. The summed E-state index contributed by atoms with van der Waals surface area (Å²) >= 11 is 0. The molecule has 1 aromatic carbocycles. The molecule has 0 radical (unpaired) electrons. The molecule has 0 spiro atoms. The summed E-state index contributed by atoms with van der Waals surface area (Å²) in [5, 5.41) is 11.7. The van der Waals surface area contributed by atoms with E-state index >= 15 is 0 Å². The van der Waals surface area contributed by atoms with Crippen LogP contribution in [0.3, 0.4) is 0 Å². The third kappa shape index (κ3) is 2.29. The number of aryl methyl sites for hydroxylation is 2. The van der Waals surface area contributed by atoms with Crippen LogP contribution in [-0.4, -0.2) is 21.0 Å². The van der Waals surface area contributed by atoms with Crippen LogP contribution in [0.25, 0.3) is 5.69 Å². The molecule has 94 valence electrons. The fraction of sp³-hybridized carbons (Fsp3) is 0.429. The first-order valence-corrected chi connectivity index (χ1v) is 6.44. The van der Waals surface area contributed by atoms with E-state index in [9.17, 15) is 0 Å². The van der Waals surface area contributed by atoms with Crippen molar-refractivity contribution in [2.24, 2.45) is 0 Å². The molecule has 1 N–H and O–H groups in total. The smallest absolute Gasteiger partial charge is 0.0783 e. The quantitative estimate of drug-likeness (QED) is 0.893. The van der Waals surface area contributed by atoms with Gasteiger partial charge in [-0.15, -0.1) is 5.10 Å². The lowest BCUT2D eigenvalue weighted by Crippen LogP contribution is -2.18. The number of hydrogen-bond donors (Lipinski definition) is 1. The third-order valence-electron chi connectivity index (χ3n) is 3.50. The van der Waals surface area contributed by atoms with Crippen LogP contribution in [0.2, 0.25) is 0 Å². The van der Waals surface area contributed by atoms with Crippen molar-refractivity contribution in [3.05, 3.63) is 41.2 Å². The highest BCUT2D eigenvalue weighted by molar-refractivity contribution is 5.39. The van der Waals surface area contributed by atoms with Crippen molar-refractivity contribution in [3.63, 3.8) is 0 Å². The summed E-state index contributed by atoms with van der Waals surface area (Å²) in [5.41, 5.74) is 4.79.